The Labute approximate surface area is 104 Å². The van der Waals surface area contributed by atoms with E-state index in [1.54, 1.807) is 24.5 Å². The van der Waals surface area contributed by atoms with Crippen molar-refractivity contribution < 1.29 is 9.53 Å². The summed E-state index contributed by atoms with van der Waals surface area (Å²) in [5, 5.41) is 1.12. The molecule has 2 heterocycles. The third kappa shape index (κ3) is 2.42. The summed E-state index contributed by atoms with van der Waals surface area (Å²) in [5.41, 5.74) is 0.170. The molecule has 0 aliphatic rings. The summed E-state index contributed by atoms with van der Waals surface area (Å²) in [4.78, 5) is 15.9. The van der Waals surface area contributed by atoms with Gasteiger partial charge in [-0.3, -0.25) is 4.57 Å². The molecular formula is C12H13ClN2O2. The first-order valence-electron chi connectivity index (χ1n) is 5.23. The molecule has 0 atom stereocenters. The number of rotatable bonds is 0. The fraction of sp³-hybridized carbons (Fsp3) is 0.333. The molecule has 0 N–H and O–H groups in total. The summed E-state index contributed by atoms with van der Waals surface area (Å²) < 4.78 is 6.72. The van der Waals surface area contributed by atoms with E-state index in [9.17, 15) is 4.79 Å². The Bertz CT molecular complexity index is 569. The Kier molecular flexibility index (Phi) is 2.83. The number of halogens is 1. The topological polar surface area (TPSA) is 44.1 Å². The lowest BCUT2D eigenvalue weighted by Crippen LogP contribution is -2.26. The second kappa shape index (κ2) is 4.04. The van der Waals surface area contributed by atoms with E-state index < -0.39 is 11.7 Å². The van der Waals surface area contributed by atoms with Crippen LogP contribution >= 0.6 is 11.6 Å². The van der Waals surface area contributed by atoms with E-state index in [0.717, 1.165) is 5.39 Å². The minimum atomic E-state index is -0.523. The smallest absolute Gasteiger partial charge is 0.418 e. The number of carbonyl (C=O) groups is 1. The van der Waals surface area contributed by atoms with Crippen molar-refractivity contribution >= 4 is 28.6 Å². The molecule has 2 aromatic heterocycles. The average Bonchev–Trinajstić information content (AvgIpc) is 2.60. The maximum Gasteiger partial charge on any atom is 0.418 e. The van der Waals surface area contributed by atoms with Crippen molar-refractivity contribution in [3.63, 3.8) is 0 Å². The number of aromatic nitrogens is 2. The summed E-state index contributed by atoms with van der Waals surface area (Å²) >= 11 is 5.93. The summed E-state index contributed by atoms with van der Waals surface area (Å²) in [5.74, 6) is 0. The highest BCUT2D eigenvalue weighted by atomic mass is 35.5. The van der Waals surface area contributed by atoms with Crippen LogP contribution in [0.3, 0.4) is 0 Å². The van der Waals surface area contributed by atoms with Gasteiger partial charge in [0.05, 0.1) is 5.52 Å². The highest BCUT2D eigenvalue weighted by Gasteiger charge is 2.19. The third-order valence-corrected chi connectivity index (χ3v) is 2.46. The van der Waals surface area contributed by atoms with Crippen LogP contribution in [0.2, 0.25) is 5.15 Å². The van der Waals surface area contributed by atoms with Gasteiger partial charge in [-0.05, 0) is 32.9 Å². The number of nitrogens with zero attached hydrogens (tertiary/aromatic N) is 2. The molecule has 2 aromatic rings. The average molecular weight is 253 g/mol. The molecule has 0 radical (unpaired) electrons. The Hall–Kier alpha value is -1.55. The standard InChI is InChI=1S/C12H13ClN2O2/c1-12(2,3)17-11(16)15-7-5-8-9(15)4-6-14-10(8)13/h4-7H,1-3H3. The van der Waals surface area contributed by atoms with Gasteiger partial charge in [0.2, 0.25) is 0 Å². The second-order valence-electron chi connectivity index (χ2n) is 4.70. The molecule has 5 heteroatoms. The van der Waals surface area contributed by atoms with Gasteiger partial charge in [-0.25, -0.2) is 9.78 Å². The number of hydrogen-bond acceptors (Lipinski definition) is 3. The maximum atomic E-state index is 11.9. The van der Waals surface area contributed by atoms with Crippen molar-refractivity contribution in [2.75, 3.05) is 0 Å². The summed E-state index contributed by atoms with van der Waals surface area (Å²) in [6.45, 7) is 5.47. The fourth-order valence-electron chi connectivity index (χ4n) is 1.50. The van der Waals surface area contributed by atoms with Crippen LogP contribution < -0.4 is 0 Å². The molecule has 0 saturated carbocycles. The van der Waals surface area contributed by atoms with Crippen molar-refractivity contribution in [2.45, 2.75) is 26.4 Å². The van der Waals surface area contributed by atoms with Crippen LogP contribution in [0.4, 0.5) is 4.79 Å². The fourth-order valence-corrected chi connectivity index (χ4v) is 1.72. The van der Waals surface area contributed by atoms with Crippen LogP contribution in [0, 0.1) is 0 Å². The Morgan fingerprint density at radius 1 is 1.41 bits per heavy atom. The predicted octanol–water partition coefficient (Wildman–Crippen LogP) is 3.47. The highest BCUT2D eigenvalue weighted by Crippen LogP contribution is 2.22. The molecule has 0 aliphatic heterocycles. The van der Waals surface area contributed by atoms with Gasteiger partial charge in [0.15, 0.2) is 0 Å². The van der Waals surface area contributed by atoms with Crippen molar-refractivity contribution in [1.82, 2.24) is 9.55 Å². The monoisotopic (exact) mass is 252 g/mol. The van der Waals surface area contributed by atoms with Crippen molar-refractivity contribution in [1.29, 1.82) is 0 Å². The van der Waals surface area contributed by atoms with E-state index >= 15 is 0 Å². The van der Waals surface area contributed by atoms with Crippen LogP contribution in [0.25, 0.3) is 10.9 Å². The van der Waals surface area contributed by atoms with Gasteiger partial charge in [0.25, 0.3) is 0 Å². The van der Waals surface area contributed by atoms with Gasteiger partial charge in [0, 0.05) is 17.8 Å². The van der Waals surface area contributed by atoms with E-state index in [0.29, 0.717) is 10.7 Å². The minimum Gasteiger partial charge on any atom is -0.443 e. The van der Waals surface area contributed by atoms with E-state index in [1.165, 1.54) is 4.57 Å². The first-order valence-corrected chi connectivity index (χ1v) is 5.61. The quantitative estimate of drug-likeness (QED) is 0.675. The zero-order chi connectivity index (χ0) is 12.6. The van der Waals surface area contributed by atoms with Gasteiger partial charge in [-0.15, -0.1) is 0 Å². The number of ether oxygens (including phenoxy) is 1. The van der Waals surface area contributed by atoms with E-state index in [4.69, 9.17) is 16.3 Å². The SMILES string of the molecule is CC(C)(C)OC(=O)n1ccc2c(Cl)nccc21. The summed E-state index contributed by atoms with van der Waals surface area (Å²) in [6.07, 6.45) is 2.77. The second-order valence-corrected chi connectivity index (χ2v) is 5.06. The highest BCUT2D eigenvalue weighted by molar-refractivity contribution is 6.34. The molecule has 0 saturated heterocycles. The molecule has 0 aromatic carbocycles. The number of hydrogen-bond donors (Lipinski definition) is 0. The normalized spacial score (nSPS) is 11.8. The summed E-state index contributed by atoms with van der Waals surface area (Å²) in [7, 11) is 0. The van der Waals surface area contributed by atoms with Crippen molar-refractivity contribution in [2.24, 2.45) is 0 Å². The lowest BCUT2D eigenvalue weighted by Gasteiger charge is -2.19. The zero-order valence-corrected chi connectivity index (χ0v) is 10.7. The molecule has 90 valence electrons. The molecule has 0 aliphatic carbocycles. The minimum absolute atomic E-state index is 0.379. The van der Waals surface area contributed by atoms with Crippen LogP contribution in [0.15, 0.2) is 24.5 Å². The molecule has 17 heavy (non-hydrogen) atoms. The first-order chi connectivity index (χ1) is 7.88. The van der Waals surface area contributed by atoms with Gasteiger partial charge in [-0.2, -0.15) is 0 Å². The number of pyridine rings is 1. The molecule has 0 fully saturated rings. The van der Waals surface area contributed by atoms with Gasteiger partial charge >= 0.3 is 6.09 Å². The van der Waals surface area contributed by atoms with Gasteiger partial charge in [-0.1, -0.05) is 11.6 Å². The molecule has 0 amide bonds. The zero-order valence-electron chi connectivity index (χ0n) is 9.90. The van der Waals surface area contributed by atoms with E-state index in [2.05, 4.69) is 4.98 Å². The van der Waals surface area contributed by atoms with Crippen molar-refractivity contribution in [3.8, 4) is 0 Å². The molecule has 0 spiro atoms. The number of fused-ring (bicyclic) bond motifs is 1. The summed E-state index contributed by atoms with van der Waals surface area (Å²) in [6, 6.07) is 3.47. The number of carbonyl (C=O) groups excluding carboxylic acids is 1. The molecule has 2 rings (SSSR count). The van der Waals surface area contributed by atoms with Crippen molar-refractivity contribution in [3.05, 3.63) is 29.7 Å². The van der Waals surface area contributed by atoms with Gasteiger partial charge < -0.3 is 4.74 Å². The first kappa shape index (κ1) is 11.9. The lowest BCUT2D eigenvalue weighted by atomic mass is 10.2. The lowest BCUT2D eigenvalue weighted by molar-refractivity contribution is 0.0544. The molecule has 0 bridgehead atoms. The van der Waals surface area contributed by atoms with Gasteiger partial charge in [0.1, 0.15) is 10.8 Å². The Balaban J connectivity index is 2.43. The van der Waals surface area contributed by atoms with Crippen LogP contribution in [0.1, 0.15) is 20.8 Å². The molecule has 0 unspecified atom stereocenters. The maximum absolute atomic E-state index is 11.9. The Morgan fingerprint density at radius 2 is 2.12 bits per heavy atom. The third-order valence-electron chi connectivity index (χ3n) is 2.16. The van der Waals surface area contributed by atoms with Crippen LogP contribution in [-0.4, -0.2) is 21.2 Å². The van der Waals surface area contributed by atoms with Crippen LogP contribution in [0.5, 0.6) is 0 Å². The largest absolute Gasteiger partial charge is 0.443 e. The van der Waals surface area contributed by atoms with E-state index in [1.807, 2.05) is 20.8 Å². The molecule has 4 nitrogen and oxygen atoms in total. The van der Waals surface area contributed by atoms with E-state index in [-0.39, 0.29) is 0 Å². The van der Waals surface area contributed by atoms with Crippen LogP contribution in [-0.2, 0) is 4.74 Å². The molecular weight excluding hydrogens is 240 g/mol. The Morgan fingerprint density at radius 3 is 2.76 bits per heavy atom. The predicted molar refractivity (Wildman–Crippen MR) is 66.4 cm³/mol.